The van der Waals surface area contributed by atoms with E-state index >= 15 is 0 Å². The molecule has 0 aromatic carbocycles. The Morgan fingerprint density at radius 1 is 1.60 bits per heavy atom. The van der Waals surface area contributed by atoms with Gasteiger partial charge in [0.1, 0.15) is 6.10 Å². The number of esters is 1. The Morgan fingerprint density at radius 2 is 2.33 bits per heavy atom. The van der Waals surface area contributed by atoms with Crippen LogP contribution in [0.1, 0.15) is 46.0 Å². The van der Waals surface area contributed by atoms with Crippen molar-refractivity contribution >= 4 is 5.97 Å². The average Bonchev–Trinajstić information content (AvgIpc) is 2.52. The van der Waals surface area contributed by atoms with Crippen LogP contribution < -0.4 is 0 Å². The Hall–Kier alpha value is -0.790. The zero-order valence-corrected chi connectivity index (χ0v) is 9.87. The molecule has 1 saturated heterocycles. The number of cyclic esters (lactones) is 1. The molecule has 1 aliphatic heterocycles. The molecule has 1 aliphatic rings. The van der Waals surface area contributed by atoms with Gasteiger partial charge >= 0.3 is 5.97 Å². The van der Waals surface area contributed by atoms with Crippen molar-refractivity contribution in [1.82, 2.24) is 0 Å². The molecule has 3 atom stereocenters. The largest absolute Gasteiger partial charge is 0.462 e. The number of ether oxygens (including phenoxy) is 1. The van der Waals surface area contributed by atoms with Crippen molar-refractivity contribution < 1.29 is 9.53 Å². The summed E-state index contributed by atoms with van der Waals surface area (Å²) in [5.41, 5.74) is 0. The van der Waals surface area contributed by atoms with Crippen LogP contribution in [0.4, 0.5) is 0 Å². The van der Waals surface area contributed by atoms with Crippen LogP contribution in [0.25, 0.3) is 0 Å². The minimum Gasteiger partial charge on any atom is -0.462 e. The molecule has 1 fully saturated rings. The summed E-state index contributed by atoms with van der Waals surface area (Å²) in [5, 5.41) is 0. The first kappa shape index (κ1) is 12.3. The Morgan fingerprint density at radius 3 is 2.87 bits per heavy atom. The van der Waals surface area contributed by atoms with Crippen LogP contribution in [0.15, 0.2) is 12.7 Å². The minimum absolute atomic E-state index is 0.0151. The van der Waals surface area contributed by atoms with E-state index in [1.165, 1.54) is 6.42 Å². The molecule has 1 rings (SSSR count). The van der Waals surface area contributed by atoms with Crippen LogP contribution in [-0.2, 0) is 9.53 Å². The summed E-state index contributed by atoms with van der Waals surface area (Å²) in [7, 11) is 0. The number of allylic oxidation sites excluding steroid dienone is 1. The molecule has 1 unspecified atom stereocenters. The van der Waals surface area contributed by atoms with Gasteiger partial charge in [0, 0.05) is 0 Å². The molecule has 15 heavy (non-hydrogen) atoms. The second kappa shape index (κ2) is 5.94. The normalized spacial score (nSPS) is 27.5. The summed E-state index contributed by atoms with van der Waals surface area (Å²) in [6.07, 6.45) is 7.51. The van der Waals surface area contributed by atoms with E-state index in [2.05, 4.69) is 13.5 Å². The summed E-state index contributed by atoms with van der Waals surface area (Å²) in [6.45, 7) is 7.92. The molecule has 0 aromatic rings. The third-order valence-electron chi connectivity index (χ3n) is 3.15. The van der Waals surface area contributed by atoms with Gasteiger partial charge in [-0.3, -0.25) is 4.79 Å². The van der Waals surface area contributed by atoms with E-state index in [0.717, 1.165) is 25.7 Å². The minimum atomic E-state index is -0.0151. The first-order valence-corrected chi connectivity index (χ1v) is 5.95. The molecule has 0 aromatic heterocycles. The maximum Gasteiger partial charge on any atom is 0.309 e. The fourth-order valence-corrected chi connectivity index (χ4v) is 2.01. The van der Waals surface area contributed by atoms with Gasteiger partial charge in [-0.25, -0.2) is 0 Å². The van der Waals surface area contributed by atoms with Crippen molar-refractivity contribution in [3.8, 4) is 0 Å². The lowest BCUT2D eigenvalue weighted by molar-refractivity contribution is -0.144. The number of hydrogen-bond donors (Lipinski definition) is 0. The molecule has 1 heterocycles. The Labute approximate surface area is 92.7 Å². The highest BCUT2D eigenvalue weighted by atomic mass is 16.5. The molecule has 2 nitrogen and oxygen atoms in total. The van der Waals surface area contributed by atoms with Crippen molar-refractivity contribution in [2.75, 3.05) is 0 Å². The Kier molecular flexibility index (Phi) is 4.86. The predicted octanol–water partition coefficient (Wildman–Crippen LogP) is 3.32. The van der Waals surface area contributed by atoms with Gasteiger partial charge in [-0.05, 0) is 38.0 Å². The maximum absolute atomic E-state index is 11.2. The Balaban J connectivity index is 2.15. The molecule has 0 saturated carbocycles. The number of carbonyl (C=O) groups excluding carboxylic acids is 1. The van der Waals surface area contributed by atoms with Crippen LogP contribution in [-0.4, -0.2) is 12.1 Å². The molecule has 86 valence electrons. The van der Waals surface area contributed by atoms with E-state index < -0.39 is 0 Å². The van der Waals surface area contributed by atoms with Gasteiger partial charge in [0.15, 0.2) is 0 Å². The summed E-state index contributed by atoms with van der Waals surface area (Å²) in [5.74, 6) is 0.801. The molecular weight excluding hydrogens is 188 g/mol. The molecule has 0 aliphatic carbocycles. The van der Waals surface area contributed by atoms with Crippen molar-refractivity contribution in [3.63, 3.8) is 0 Å². The standard InChI is InChI=1S/C13H22O2/c1-4-5-6-10(2)7-8-12-9-11(3)13(14)15-12/h4,10-12H,1,5-9H2,2-3H3/t10?,11-,12+/m1/s1. The lowest BCUT2D eigenvalue weighted by Crippen LogP contribution is -2.08. The molecule has 0 amide bonds. The van der Waals surface area contributed by atoms with Crippen molar-refractivity contribution in [2.45, 2.75) is 52.1 Å². The van der Waals surface area contributed by atoms with Gasteiger partial charge in [0.2, 0.25) is 0 Å². The van der Waals surface area contributed by atoms with Gasteiger partial charge in [-0.2, -0.15) is 0 Å². The second-order valence-electron chi connectivity index (χ2n) is 4.74. The number of carbonyl (C=O) groups is 1. The monoisotopic (exact) mass is 210 g/mol. The van der Waals surface area contributed by atoms with Crippen molar-refractivity contribution in [1.29, 1.82) is 0 Å². The number of hydrogen-bond acceptors (Lipinski definition) is 2. The highest BCUT2D eigenvalue weighted by Crippen LogP contribution is 2.26. The van der Waals surface area contributed by atoms with Gasteiger partial charge < -0.3 is 4.74 Å². The fourth-order valence-electron chi connectivity index (χ4n) is 2.01. The molecule has 2 heteroatoms. The van der Waals surface area contributed by atoms with Crippen LogP contribution in [0.5, 0.6) is 0 Å². The second-order valence-corrected chi connectivity index (χ2v) is 4.74. The van der Waals surface area contributed by atoms with Crippen molar-refractivity contribution in [3.05, 3.63) is 12.7 Å². The van der Waals surface area contributed by atoms with Crippen LogP contribution in [0.2, 0.25) is 0 Å². The fraction of sp³-hybridized carbons (Fsp3) is 0.769. The zero-order valence-electron chi connectivity index (χ0n) is 9.87. The highest BCUT2D eigenvalue weighted by Gasteiger charge is 2.30. The highest BCUT2D eigenvalue weighted by molar-refractivity contribution is 5.74. The quantitative estimate of drug-likeness (QED) is 0.496. The van der Waals surface area contributed by atoms with Gasteiger partial charge in [-0.15, -0.1) is 6.58 Å². The molecule has 0 radical (unpaired) electrons. The molecule has 0 N–H and O–H groups in total. The van der Waals surface area contributed by atoms with Crippen LogP contribution in [0.3, 0.4) is 0 Å². The summed E-state index contributed by atoms with van der Waals surface area (Å²) >= 11 is 0. The predicted molar refractivity (Wildman–Crippen MR) is 61.5 cm³/mol. The van der Waals surface area contributed by atoms with Crippen LogP contribution in [0, 0.1) is 11.8 Å². The van der Waals surface area contributed by atoms with E-state index in [9.17, 15) is 4.79 Å². The zero-order chi connectivity index (χ0) is 11.3. The Bertz CT molecular complexity index is 223. The number of rotatable bonds is 6. The third kappa shape index (κ3) is 4.06. The van der Waals surface area contributed by atoms with Gasteiger partial charge in [0.05, 0.1) is 5.92 Å². The van der Waals surface area contributed by atoms with Crippen LogP contribution >= 0.6 is 0 Å². The third-order valence-corrected chi connectivity index (χ3v) is 3.15. The lowest BCUT2D eigenvalue weighted by Gasteiger charge is -2.13. The van der Waals surface area contributed by atoms with E-state index in [4.69, 9.17) is 4.74 Å². The molecule has 0 spiro atoms. The first-order valence-electron chi connectivity index (χ1n) is 5.95. The SMILES string of the molecule is C=CCCC(C)CC[C@H]1C[C@@H](C)C(=O)O1. The summed E-state index contributed by atoms with van der Waals surface area (Å²) in [6, 6.07) is 0. The maximum atomic E-state index is 11.2. The smallest absolute Gasteiger partial charge is 0.309 e. The van der Waals surface area contributed by atoms with Gasteiger partial charge in [0.25, 0.3) is 0 Å². The molecular formula is C13H22O2. The lowest BCUT2D eigenvalue weighted by atomic mass is 9.96. The summed E-state index contributed by atoms with van der Waals surface area (Å²) in [4.78, 5) is 11.2. The first-order chi connectivity index (χ1) is 7.13. The van der Waals surface area contributed by atoms with E-state index in [1.54, 1.807) is 0 Å². The van der Waals surface area contributed by atoms with E-state index in [-0.39, 0.29) is 18.0 Å². The summed E-state index contributed by atoms with van der Waals surface area (Å²) < 4.78 is 5.27. The van der Waals surface area contributed by atoms with E-state index in [0.29, 0.717) is 5.92 Å². The van der Waals surface area contributed by atoms with Gasteiger partial charge in [-0.1, -0.05) is 19.9 Å². The molecule has 0 bridgehead atoms. The van der Waals surface area contributed by atoms with Crippen molar-refractivity contribution in [2.24, 2.45) is 11.8 Å². The average molecular weight is 210 g/mol. The topological polar surface area (TPSA) is 26.3 Å². The van der Waals surface area contributed by atoms with E-state index in [1.807, 2.05) is 13.0 Å².